The summed E-state index contributed by atoms with van der Waals surface area (Å²) in [6.45, 7) is 9.26. The van der Waals surface area contributed by atoms with E-state index in [9.17, 15) is 8.78 Å². The molecular formula is C14H21F2N. The van der Waals surface area contributed by atoms with E-state index < -0.39 is 0 Å². The van der Waals surface area contributed by atoms with E-state index in [4.69, 9.17) is 0 Å². The molecule has 1 unspecified atom stereocenters. The summed E-state index contributed by atoms with van der Waals surface area (Å²) >= 11 is 0. The zero-order valence-electron chi connectivity index (χ0n) is 11.0. The molecule has 0 aliphatic rings. The van der Waals surface area contributed by atoms with E-state index in [1.807, 2.05) is 6.92 Å². The van der Waals surface area contributed by atoms with Crippen LogP contribution >= 0.6 is 0 Å². The molecule has 1 aromatic rings. The standard InChI is InChI=1S/C14H21F2N/c1-9(2)7-17-8-11(4)12-6-13(15)10(3)5-14(12)16/h5-6,9,11,17H,7-8H2,1-4H3. The van der Waals surface area contributed by atoms with Crippen molar-refractivity contribution in [3.63, 3.8) is 0 Å². The van der Waals surface area contributed by atoms with Crippen LogP contribution in [0.25, 0.3) is 0 Å². The topological polar surface area (TPSA) is 12.0 Å². The maximum atomic E-state index is 13.7. The Morgan fingerprint density at radius 1 is 1.06 bits per heavy atom. The van der Waals surface area contributed by atoms with Crippen LogP contribution in [0, 0.1) is 24.5 Å². The second kappa shape index (κ2) is 6.10. The van der Waals surface area contributed by atoms with Gasteiger partial charge in [0.25, 0.3) is 0 Å². The van der Waals surface area contributed by atoms with Crippen LogP contribution in [0.2, 0.25) is 0 Å². The van der Waals surface area contributed by atoms with Gasteiger partial charge in [-0.05, 0) is 48.6 Å². The summed E-state index contributed by atoms with van der Waals surface area (Å²) in [7, 11) is 0. The fourth-order valence-corrected chi connectivity index (χ4v) is 1.74. The van der Waals surface area contributed by atoms with Crippen LogP contribution in [0.4, 0.5) is 8.78 Å². The molecule has 0 aliphatic carbocycles. The Hall–Kier alpha value is -0.960. The van der Waals surface area contributed by atoms with Gasteiger partial charge in [-0.15, -0.1) is 0 Å². The fraction of sp³-hybridized carbons (Fsp3) is 0.571. The van der Waals surface area contributed by atoms with Crippen molar-refractivity contribution in [1.29, 1.82) is 0 Å². The normalized spacial score (nSPS) is 13.1. The van der Waals surface area contributed by atoms with E-state index in [1.165, 1.54) is 12.1 Å². The third kappa shape index (κ3) is 4.08. The van der Waals surface area contributed by atoms with Gasteiger partial charge in [0.1, 0.15) is 11.6 Å². The van der Waals surface area contributed by atoms with Crippen LogP contribution in [-0.2, 0) is 0 Å². The molecule has 1 aromatic carbocycles. The molecule has 1 atom stereocenters. The summed E-state index contributed by atoms with van der Waals surface area (Å²) in [6, 6.07) is 2.58. The van der Waals surface area contributed by atoms with Gasteiger partial charge in [0.05, 0.1) is 0 Å². The van der Waals surface area contributed by atoms with E-state index >= 15 is 0 Å². The van der Waals surface area contributed by atoms with Crippen molar-refractivity contribution in [2.24, 2.45) is 5.92 Å². The summed E-state index contributed by atoms with van der Waals surface area (Å²) in [4.78, 5) is 0. The van der Waals surface area contributed by atoms with Gasteiger partial charge in [0.2, 0.25) is 0 Å². The van der Waals surface area contributed by atoms with Crippen LogP contribution in [0.1, 0.15) is 37.8 Å². The highest BCUT2D eigenvalue weighted by atomic mass is 19.1. The lowest BCUT2D eigenvalue weighted by Gasteiger charge is -2.15. The number of nitrogens with one attached hydrogen (secondary N) is 1. The van der Waals surface area contributed by atoms with Crippen molar-refractivity contribution < 1.29 is 8.78 Å². The van der Waals surface area contributed by atoms with E-state index in [0.717, 1.165) is 6.54 Å². The maximum Gasteiger partial charge on any atom is 0.127 e. The Morgan fingerprint density at radius 2 is 1.71 bits per heavy atom. The number of aryl methyl sites for hydroxylation is 1. The summed E-state index contributed by atoms with van der Waals surface area (Å²) in [5.41, 5.74) is 0.804. The highest BCUT2D eigenvalue weighted by Crippen LogP contribution is 2.21. The maximum absolute atomic E-state index is 13.7. The molecule has 0 spiro atoms. The second-order valence-corrected chi connectivity index (χ2v) is 5.08. The SMILES string of the molecule is Cc1cc(F)c(C(C)CNCC(C)C)cc1F. The van der Waals surface area contributed by atoms with E-state index in [-0.39, 0.29) is 17.6 Å². The largest absolute Gasteiger partial charge is 0.316 e. The van der Waals surface area contributed by atoms with E-state index in [1.54, 1.807) is 6.92 Å². The molecule has 0 saturated heterocycles. The van der Waals surface area contributed by atoms with Crippen LogP contribution in [0.3, 0.4) is 0 Å². The molecule has 1 rings (SSSR count). The van der Waals surface area contributed by atoms with Crippen molar-refractivity contribution in [3.05, 3.63) is 34.9 Å². The predicted molar refractivity (Wildman–Crippen MR) is 67.2 cm³/mol. The van der Waals surface area contributed by atoms with E-state index in [0.29, 0.717) is 23.6 Å². The van der Waals surface area contributed by atoms with Gasteiger partial charge in [0.15, 0.2) is 0 Å². The number of halogens is 2. The lowest BCUT2D eigenvalue weighted by atomic mass is 9.98. The van der Waals surface area contributed by atoms with Gasteiger partial charge in [0, 0.05) is 6.54 Å². The van der Waals surface area contributed by atoms with Crippen LogP contribution in [0.15, 0.2) is 12.1 Å². The number of rotatable bonds is 5. The van der Waals surface area contributed by atoms with Crippen LogP contribution < -0.4 is 5.32 Å². The van der Waals surface area contributed by atoms with Gasteiger partial charge in [-0.3, -0.25) is 0 Å². The quantitative estimate of drug-likeness (QED) is 0.830. The lowest BCUT2D eigenvalue weighted by molar-refractivity contribution is 0.510. The molecule has 0 aliphatic heterocycles. The zero-order valence-corrected chi connectivity index (χ0v) is 11.0. The molecule has 3 heteroatoms. The van der Waals surface area contributed by atoms with Gasteiger partial charge in [-0.2, -0.15) is 0 Å². The Morgan fingerprint density at radius 3 is 2.29 bits per heavy atom. The summed E-state index contributed by atoms with van der Waals surface area (Å²) in [5.74, 6) is -0.120. The first kappa shape index (κ1) is 14.1. The Bertz CT molecular complexity index is 375. The predicted octanol–water partition coefficient (Wildman–Crippen LogP) is 3.62. The van der Waals surface area contributed by atoms with Crippen LogP contribution in [-0.4, -0.2) is 13.1 Å². The van der Waals surface area contributed by atoms with Crippen molar-refractivity contribution >= 4 is 0 Å². The minimum absolute atomic E-state index is 0.0242. The van der Waals surface area contributed by atoms with Gasteiger partial charge >= 0.3 is 0 Å². The monoisotopic (exact) mass is 241 g/mol. The lowest BCUT2D eigenvalue weighted by Crippen LogP contribution is -2.24. The molecule has 0 bridgehead atoms. The summed E-state index contributed by atoms with van der Waals surface area (Å²) in [5, 5.41) is 3.26. The minimum atomic E-state index is -0.336. The van der Waals surface area contributed by atoms with Gasteiger partial charge < -0.3 is 5.32 Å². The molecule has 0 saturated carbocycles. The van der Waals surface area contributed by atoms with Crippen molar-refractivity contribution in [2.45, 2.75) is 33.6 Å². The number of benzene rings is 1. The average Bonchev–Trinajstić information content (AvgIpc) is 2.22. The van der Waals surface area contributed by atoms with Crippen molar-refractivity contribution in [2.75, 3.05) is 13.1 Å². The molecule has 0 aromatic heterocycles. The molecule has 0 heterocycles. The smallest absolute Gasteiger partial charge is 0.127 e. The van der Waals surface area contributed by atoms with Crippen LogP contribution in [0.5, 0.6) is 0 Å². The Labute approximate surface area is 102 Å². The first-order valence-electron chi connectivity index (χ1n) is 6.08. The average molecular weight is 241 g/mol. The first-order chi connectivity index (χ1) is 7.91. The molecule has 0 radical (unpaired) electrons. The number of hydrogen-bond acceptors (Lipinski definition) is 1. The third-order valence-electron chi connectivity index (χ3n) is 2.81. The molecule has 1 N–H and O–H groups in total. The highest BCUT2D eigenvalue weighted by Gasteiger charge is 2.13. The number of hydrogen-bond donors (Lipinski definition) is 1. The molecule has 0 amide bonds. The highest BCUT2D eigenvalue weighted by molar-refractivity contribution is 5.27. The third-order valence-corrected chi connectivity index (χ3v) is 2.81. The second-order valence-electron chi connectivity index (χ2n) is 5.08. The van der Waals surface area contributed by atoms with Crippen molar-refractivity contribution in [3.8, 4) is 0 Å². The van der Waals surface area contributed by atoms with Crippen molar-refractivity contribution in [1.82, 2.24) is 5.32 Å². The summed E-state index contributed by atoms with van der Waals surface area (Å²) < 4.78 is 27.1. The van der Waals surface area contributed by atoms with Gasteiger partial charge in [-0.25, -0.2) is 8.78 Å². The zero-order chi connectivity index (χ0) is 13.0. The van der Waals surface area contributed by atoms with Gasteiger partial charge in [-0.1, -0.05) is 20.8 Å². The molecule has 96 valence electrons. The minimum Gasteiger partial charge on any atom is -0.316 e. The summed E-state index contributed by atoms with van der Waals surface area (Å²) in [6.07, 6.45) is 0. The van der Waals surface area contributed by atoms with E-state index in [2.05, 4.69) is 19.2 Å². The fourth-order valence-electron chi connectivity index (χ4n) is 1.74. The first-order valence-corrected chi connectivity index (χ1v) is 6.08. The molecule has 1 nitrogen and oxygen atoms in total. The molecule has 17 heavy (non-hydrogen) atoms. The molecular weight excluding hydrogens is 220 g/mol. The Kier molecular flexibility index (Phi) is 5.06. The Balaban J connectivity index is 2.68. The molecule has 0 fully saturated rings.